The van der Waals surface area contributed by atoms with Gasteiger partial charge in [-0.05, 0) is 31.0 Å². The Balaban J connectivity index is 1.37. The number of piperidine rings is 1. The average Bonchev–Trinajstić information content (AvgIpc) is 2.94. The lowest BCUT2D eigenvalue weighted by Gasteiger charge is -2.37. The van der Waals surface area contributed by atoms with E-state index in [4.69, 9.17) is 4.74 Å². The van der Waals surface area contributed by atoms with Crippen molar-refractivity contribution in [1.29, 1.82) is 0 Å². The van der Waals surface area contributed by atoms with Gasteiger partial charge in [0.05, 0.1) is 13.1 Å². The highest BCUT2D eigenvalue weighted by Gasteiger charge is 2.46. The van der Waals surface area contributed by atoms with Gasteiger partial charge in [-0.25, -0.2) is 9.18 Å². The van der Waals surface area contributed by atoms with Crippen LogP contribution in [0.2, 0.25) is 0 Å². The molecule has 1 spiro atoms. The fourth-order valence-corrected chi connectivity index (χ4v) is 3.57. The molecule has 7 heteroatoms. The van der Waals surface area contributed by atoms with Crippen molar-refractivity contribution < 1.29 is 18.7 Å². The minimum absolute atomic E-state index is 0.0123. The average molecular weight is 363 g/mol. The van der Waals surface area contributed by atoms with Crippen LogP contribution in [0.3, 0.4) is 0 Å². The van der Waals surface area contributed by atoms with Gasteiger partial charge < -0.3 is 15.0 Å². The largest absolute Gasteiger partial charge is 0.441 e. The molecule has 2 fully saturated rings. The van der Waals surface area contributed by atoms with E-state index in [-0.39, 0.29) is 23.4 Å². The van der Waals surface area contributed by atoms with E-state index in [9.17, 15) is 14.0 Å². The molecule has 2 heterocycles. The summed E-state index contributed by atoms with van der Waals surface area (Å²) < 4.78 is 18.5. The van der Waals surface area contributed by atoms with Crippen LogP contribution in [0.1, 0.15) is 25.3 Å². The van der Waals surface area contributed by atoms with Crippen molar-refractivity contribution in [1.82, 2.24) is 15.1 Å². The van der Waals surface area contributed by atoms with Gasteiger partial charge >= 0.3 is 6.09 Å². The molecule has 1 aromatic carbocycles. The smallest absolute Gasteiger partial charge is 0.410 e. The van der Waals surface area contributed by atoms with Crippen LogP contribution in [0.15, 0.2) is 24.3 Å². The molecule has 142 valence electrons. The Hall–Kier alpha value is -2.15. The number of ether oxygens (including phenoxy) is 1. The first kappa shape index (κ1) is 18.6. The zero-order chi connectivity index (χ0) is 18.6. The molecule has 2 amide bonds. The summed E-state index contributed by atoms with van der Waals surface area (Å²) in [7, 11) is 0. The van der Waals surface area contributed by atoms with Crippen molar-refractivity contribution in [3.63, 3.8) is 0 Å². The number of hydrogen-bond donors (Lipinski definition) is 1. The van der Waals surface area contributed by atoms with Gasteiger partial charge in [0.2, 0.25) is 5.91 Å². The molecule has 0 aromatic heterocycles. The Kier molecular flexibility index (Phi) is 5.76. The van der Waals surface area contributed by atoms with E-state index in [0.717, 1.165) is 31.5 Å². The van der Waals surface area contributed by atoms with E-state index in [0.29, 0.717) is 32.6 Å². The molecule has 2 aliphatic heterocycles. The van der Waals surface area contributed by atoms with Crippen LogP contribution in [0, 0.1) is 5.82 Å². The standard InChI is InChI=1S/C19H26FN3O3/c1-2-23-14-19(26-18(23)25)8-11-22(12-9-19)13-17(24)21-10-7-15-3-5-16(20)6-4-15/h3-6H,2,7-14H2,1H3,(H,21,24). The maximum absolute atomic E-state index is 12.9. The second-order valence-electron chi connectivity index (χ2n) is 7.07. The van der Waals surface area contributed by atoms with E-state index < -0.39 is 0 Å². The number of rotatable bonds is 6. The molecule has 1 aromatic rings. The van der Waals surface area contributed by atoms with Crippen molar-refractivity contribution in [2.45, 2.75) is 31.8 Å². The summed E-state index contributed by atoms with van der Waals surface area (Å²) in [5.74, 6) is -0.266. The Bertz CT molecular complexity index is 642. The molecule has 0 radical (unpaired) electrons. The third kappa shape index (κ3) is 4.52. The predicted octanol–water partition coefficient (Wildman–Crippen LogP) is 1.79. The molecule has 0 bridgehead atoms. The first-order valence-electron chi connectivity index (χ1n) is 9.21. The Labute approximate surface area is 153 Å². The Morgan fingerprint density at radius 2 is 1.96 bits per heavy atom. The topological polar surface area (TPSA) is 61.9 Å². The van der Waals surface area contributed by atoms with Crippen molar-refractivity contribution in [3.8, 4) is 0 Å². The van der Waals surface area contributed by atoms with Crippen LogP contribution in [0.5, 0.6) is 0 Å². The van der Waals surface area contributed by atoms with E-state index in [1.54, 1.807) is 17.0 Å². The van der Waals surface area contributed by atoms with Crippen LogP contribution in [0.25, 0.3) is 0 Å². The molecule has 2 saturated heterocycles. The first-order valence-corrected chi connectivity index (χ1v) is 9.21. The van der Waals surface area contributed by atoms with Crippen molar-refractivity contribution in [2.75, 3.05) is 39.3 Å². The van der Waals surface area contributed by atoms with Crippen LogP contribution < -0.4 is 5.32 Å². The minimum Gasteiger partial charge on any atom is -0.441 e. The summed E-state index contributed by atoms with van der Waals surface area (Å²) in [6.07, 6.45) is 1.98. The monoisotopic (exact) mass is 363 g/mol. The van der Waals surface area contributed by atoms with Gasteiger partial charge in [-0.15, -0.1) is 0 Å². The van der Waals surface area contributed by atoms with E-state index in [2.05, 4.69) is 10.2 Å². The predicted molar refractivity (Wildman–Crippen MR) is 95.2 cm³/mol. The van der Waals surface area contributed by atoms with Crippen molar-refractivity contribution >= 4 is 12.0 Å². The van der Waals surface area contributed by atoms with Crippen LogP contribution in [0.4, 0.5) is 9.18 Å². The van der Waals surface area contributed by atoms with E-state index >= 15 is 0 Å². The number of halogens is 1. The number of hydrogen-bond acceptors (Lipinski definition) is 4. The first-order chi connectivity index (χ1) is 12.5. The summed E-state index contributed by atoms with van der Waals surface area (Å²) >= 11 is 0. The molecule has 6 nitrogen and oxygen atoms in total. The Morgan fingerprint density at radius 1 is 1.27 bits per heavy atom. The summed E-state index contributed by atoms with van der Waals surface area (Å²) in [4.78, 5) is 27.7. The van der Waals surface area contributed by atoms with Crippen molar-refractivity contribution in [3.05, 3.63) is 35.6 Å². The van der Waals surface area contributed by atoms with Gasteiger partial charge in [0.25, 0.3) is 0 Å². The third-order valence-corrected chi connectivity index (χ3v) is 5.21. The molecule has 0 atom stereocenters. The highest BCUT2D eigenvalue weighted by molar-refractivity contribution is 5.78. The van der Waals surface area contributed by atoms with E-state index in [1.165, 1.54) is 12.1 Å². The molecule has 0 aliphatic carbocycles. The van der Waals surface area contributed by atoms with Gasteiger partial charge in [0.15, 0.2) is 0 Å². The summed E-state index contributed by atoms with van der Waals surface area (Å²) in [5, 5.41) is 2.91. The highest BCUT2D eigenvalue weighted by Crippen LogP contribution is 2.32. The maximum atomic E-state index is 12.9. The molecular formula is C19H26FN3O3. The van der Waals surface area contributed by atoms with Crippen LogP contribution in [-0.2, 0) is 16.0 Å². The fraction of sp³-hybridized carbons (Fsp3) is 0.579. The quantitative estimate of drug-likeness (QED) is 0.837. The number of likely N-dealkylation sites (tertiary alicyclic amines) is 1. The fourth-order valence-electron chi connectivity index (χ4n) is 3.57. The summed E-state index contributed by atoms with van der Waals surface area (Å²) in [5.41, 5.74) is 0.623. The van der Waals surface area contributed by atoms with Crippen LogP contribution >= 0.6 is 0 Å². The molecule has 2 aliphatic rings. The van der Waals surface area contributed by atoms with Gasteiger partial charge in [-0.2, -0.15) is 0 Å². The Morgan fingerprint density at radius 3 is 2.58 bits per heavy atom. The van der Waals surface area contributed by atoms with Gasteiger partial charge in [-0.1, -0.05) is 12.1 Å². The number of likely N-dealkylation sites (N-methyl/N-ethyl adjacent to an activating group) is 1. The van der Waals surface area contributed by atoms with Gasteiger partial charge in [0, 0.05) is 39.0 Å². The summed E-state index contributed by atoms with van der Waals surface area (Å²) in [6, 6.07) is 6.31. The lowest BCUT2D eigenvalue weighted by atomic mass is 9.91. The highest BCUT2D eigenvalue weighted by atomic mass is 19.1. The molecule has 0 unspecified atom stereocenters. The van der Waals surface area contributed by atoms with Gasteiger partial charge in [0.1, 0.15) is 11.4 Å². The number of benzene rings is 1. The number of nitrogens with zero attached hydrogens (tertiary/aromatic N) is 2. The molecular weight excluding hydrogens is 337 g/mol. The molecule has 0 saturated carbocycles. The normalized spacial score (nSPS) is 19.6. The van der Waals surface area contributed by atoms with E-state index in [1.807, 2.05) is 6.92 Å². The van der Waals surface area contributed by atoms with Gasteiger partial charge in [-0.3, -0.25) is 9.69 Å². The number of carbonyl (C=O) groups excluding carboxylic acids is 2. The number of carbonyl (C=O) groups is 2. The second kappa shape index (κ2) is 8.03. The maximum Gasteiger partial charge on any atom is 0.410 e. The molecule has 26 heavy (non-hydrogen) atoms. The number of nitrogens with one attached hydrogen (secondary N) is 1. The lowest BCUT2D eigenvalue weighted by molar-refractivity contribution is -0.123. The molecule has 1 N–H and O–H groups in total. The summed E-state index contributed by atoms with van der Waals surface area (Å²) in [6.45, 7) is 5.65. The van der Waals surface area contributed by atoms with Crippen molar-refractivity contribution in [2.24, 2.45) is 0 Å². The SMILES string of the molecule is CCN1CC2(CCN(CC(=O)NCCc3ccc(F)cc3)CC2)OC1=O. The van der Waals surface area contributed by atoms with Crippen LogP contribution in [-0.4, -0.2) is 66.7 Å². The zero-order valence-electron chi connectivity index (χ0n) is 15.2. The third-order valence-electron chi connectivity index (χ3n) is 5.21. The molecule has 3 rings (SSSR count). The minimum atomic E-state index is -0.372. The second-order valence-corrected chi connectivity index (χ2v) is 7.07. The zero-order valence-corrected chi connectivity index (χ0v) is 15.2. The number of amides is 2. The lowest BCUT2D eigenvalue weighted by Crippen LogP contribution is -2.49.